The lowest BCUT2D eigenvalue weighted by atomic mass is 9.97. The van der Waals surface area contributed by atoms with Crippen molar-refractivity contribution in [1.82, 2.24) is 0 Å². The topological polar surface area (TPSA) is 44.8 Å². The molecule has 10 heteroatoms. The molecule has 1 aromatic heterocycles. The summed E-state index contributed by atoms with van der Waals surface area (Å²) in [6.45, 7) is 7.22. The van der Waals surface area contributed by atoms with E-state index in [0.717, 1.165) is 34.9 Å². The number of fused-ring (bicyclic) bond motifs is 1. The molecule has 0 unspecified atom stereocenters. The number of halogens is 5. The maximum absolute atomic E-state index is 14.2. The molecule has 3 aromatic rings. The van der Waals surface area contributed by atoms with Gasteiger partial charge in [-0.15, -0.1) is 24.5 Å². The first-order valence-electron chi connectivity index (χ1n) is 14.3. The number of carbonyl (C=O) groups excluding carboxylic acids is 1. The first-order valence-corrected chi connectivity index (χ1v) is 15.1. The largest absolute Gasteiger partial charge is 0.573 e. The zero-order valence-corrected chi connectivity index (χ0v) is 25.4. The summed E-state index contributed by atoms with van der Waals surface area (Å²) in [6, 6.07) is 12.0. The van der Waals surface area contributed by atoms with Crippen LogP contribution in [0, 0.1) is 5.41 Å². The van der Waals surface area contributed by atoms with Crippen LogP contribution in [0.25, 0.3) is 20.5 Å². The van der Waals surface area contributed by atoms with Gasteiger partial charge in [-0.2, -0.15) is 0 Å². The fraction of sp³-hybridized carbons (Fsp3) is 0.531. The predicted molar refractivity (Wildman–Crippen MR) is 156 cm³/mol. The fourth-order valence-corrected chi connectivity index (χ4v) is 5.43. The van der Waals surface area contributed by atoms with Gasteiger partial charge in [-0.05, 0) is 93.8 Å². The van der Waals surface area contributed by atoms with Gasteiger partial charge in [0.2, 0.25) is 5.92 Å². The Balaban J connectivity index is 1.58. The molecule has 42 heavy (non-hydrogen) atoms. The van der Waals surface area contributed by atoms with Crippen molar-refractivity contribution in [2.75, 3.05) is 13.2 Å². The Kier molecular flexibility index (Phi) is 11.6. The van der Waals surface area contributed by atoms with E-state index in [1.807, 2.05) is 6.07 Å². The summed E-state index contributed by atoms with van der Waals surface area (Å²) < 4.78 is 84.0. The average Bonchev–Trinajstić information content (AvgIpc) is 3.31. The molecule has 3 rings (SSSR count). The highest BCUT2D eigenvalue weighted by Gasteiger charge is 2.33. The van der Waals surface area contributed by atoms with Crippen molar-refractivity contribution in [1.29, 1.82) is 0 Å². The molecular formula is C32H39F5O4S. The number of thiophene rings is 1. The third kappa shape index (κ3) is 10.7. The normalized spacial score (nSPS) is 12.5. The number of esters is 1. The van der Waals surface area contributed by atoms with E-state index in [9.17, 15) is 26.7 Å². The molecular weight excluding hydrogens is 575 g/mol. The van der Waals surface area contributed by atoms with Crippen molar-refractivity contribution in [3.63, 3.8) is 0 Å². The molecule has 0 radical (unpaired) electrons. The number of alkyl halides is 5. The van der Waals surface area contributed by atoms with Crippen LogP contribution in [0.1, 0.15) is 78.2 Å². The van der Waals surface area contributed by atoms with Crippen LogP contribution in [-0.2, 0) is 16.0 Å². The monoisotopic (exact) mass is 614 g/mol. The van der Waals surface area contributed by atoms with Gasteiger partial charge in [-0.3, -0.25) is 4.79 Å². The van der Waals surface area contributed by atoms with Gasteiger partial charge in [0.25, 0.3) is 0 Å². The van der Waals surface area contributed by atoms with Crippen LogP contribution in [-0.4, -0.2) is 31.5 Å². The first kappa shape index (κ1) is 33.6. The van der Waals surface area contributed by atoms with E-state index in [-0.39, 0.29) is 44.6 Å². The number of aryl methyl sites for hydroxylation is 1. The molecule has 1 heterocycles. The minimum atomic E-state index is -4.82. The Morgan fingerprint density at radius 2 is 1.57 bits per heavy atom. The minimum Gasteiger partial charge on any atom is -0.494 e. The number of benzene rings is 2. The number of hydrogen-bond acceptors (Lipinski definition) is 5. The molecule has 0 aliphatic rings. The molecule has 4 nitrogen and oxygen atoms in total. The van der Waals surface area contributed by atoms with Gasteiger partial charge in [0.1, 0.15) is 11.5 Å². The van der Waals surface area contributed by atoms with E-state index >= 15 is 0 Å². The second kappa shape index (κ2) is 14.5. The SMILES string of the molecule is CCCCCc1ccc(-c2cc3ccc(OCCCC(F)(F)CCCOC(=O)C(C)(C)C)cc3s2)c(OC(F)(F)F)c1. The second-order valence-electron chi connectivity index (χ2n) is 11.4. The van der Waals surface area contributed by atoms with Crippen LogP contribution in [0.4, 0.5) is 22.0 Å². The Morgan fingerprint density at radius 1 is 0.857 bits per heavy atom. The number of unbranched alkanes of at least 4 members (excludes halogenated alkanes) is 2. The highest BCUT2D eigenvalue weighted by atomic mass is 32.1. The lowest BCUT2D eigenvalue weighted by Gasteiger charge is -2.18. The summed E-state index contributed by atoms with van der Waals surface area (Å²) >= 11 is 1.31. The Labute approximate surface area is 248 Å². The van der Waals surface area contributed by atoms with Gasteiger partial charge in [-0.25, -0.2) is 8.78 Å². The third-order valence-electron chi connectivity index (χ3n) is 6.59. The van der Waals surface area contributed by atoms with Crippen LogP contribution < -0.4 is 9.47 Å². The van der Waals surface area contributed by atoms with Gasteiger partial charge in [0.15, 0.2) is 0 Å². The molecule has 0 spiro atoms. The van der Waals surface area contributed by atoms with E-state index in [1.165, 1.54) is 17.4 Å². The lowest BCUT2D eigenvalue weighted by molar-refractivity contribution is -0.274. The van der Waals surface area contributed by atoms with Crippen molar-refractivity contribution in [3.8, 4) is 21.9 Å². The zero-order chi connectivity index (χ0) is 31.0. The maximum atomic E-state index is 14.2. The summed E-state index contributed by atoms with van der Waals surface area (Å²) in [5.41, 5.74) is 0.473. The number of ether oxygens (including phenoxy) is 3. The van der Waals surface area contributed by atoms with Crippen molar-refractivity contribution in [2.45, 2.75) is 91.3 Å². The maximum Gasteiger partial charge on any atom is 0.573 e. The summed E-state index contributed by atoms with van der Waals surface area (Å²) in [6.07, 6.45) is -1.78. The van der Waals surface area contributed by atoms with Gasteiger partial charge >= 0.3 is 12.3 Å². The summed E-state index contributed by atoms with van der Waals surface area (Å²) in [4.78, 5) is 12.4. The second-order valence-corrected chi connectivity index (χ2v) is 12.5. The Hall–Kier alpha value is -2.88. The smallest absolute Gasteiger partial charge is 0.494 e. The van der Waals surface area contributed by atoms with Crippen LogP contribution in [0.2, 0.25) is 0 Å². The summed E-state index contributed by atoms with van der Waals surface area (Å²) in [5, 5.41) is 0.825. The molecule has 0 fully saturated rings. The third-order valence-corrected chi connectivity index (χ3v) is 7.72. The minimum absolute atomic E-state index is 0.0437. The molecule has 232 valence electrons. The van der Waals surface area contributed by atoms with Crippen LogP contribution >= 0.6 is 11.3 Å². The van der Waals surface area contributed by atoms with E-state index in [4.69, 9.17) is 9.47 Å². The Bertz CT molecular complexity index is 1310. The number of hydrogen-bond donors (Lipinski definition) is 0. The van der Waals surface area contributed by atoms with E-state index in [1.54, 1.807) is 51.1 Å². The summed E-state index contributed by atoms with van der Waals surface area (Å²) in [7, 11) is 0. The highest BCUT2D eigenvalue weighted by molar-refractivity contribution is 7.22. The van der Waals surface area contributed by atoms with Gasteiger partial charge in [-0.1, -0.05) is 25.8 Å². The van der Waals surface area contributed by atoms with Gasteiger partial charge in [0.05, 0.1) is 18.6 Å². The Morgan fingerprint density at radius 3 is 2.24 bits per heavy atom. The zero-order valence-electron chi connectivity index (χ0n) is 24.5. The summed E-state index contributed by atoms with van der Waals surface area (Å²) in [5.74, 6) is -3.05. The van der Waals surface area contributed by atoms with Crippen LogP contribution in [0.5, 0.6) is 11.5 Å². The number of rotatable bonds is 15. The van der Waals surface area contributed by atoms with Crippen LogP contribution in [0.3, 0.4) is 0 Å². The van der Waals surface area contributed by atoms with E-state index < -0.39 is 23.7 Å². The van der Waals surface area contributed by atoms with Crippen molar-refractivity contribution < 1.29 is 41.0 Å². The lowest BCUT2D eigenvalue weighted by Crippen LogP contribution is -2.24. The molecule has 0 aliphatic carbocycles. The van der Waals surface area contributed by atoms with Crippen LogP contribution in [0.15, 0.2) is 42.5 Å². The molecule has 0 atom stereocenters. The number of carbonyl (C=O) groups is 1. The predicted octanol–water partition coefficient (Wildman–Crippen LogP) is 10.4. The van der Waals surface area contributed by atoms with Crippen molar-refractivity contribution >= 4 is 27.4 Å². The van der Waals surface area contributed by atoms with Gasteiger partial charge in [0, 0.05) is 28.0 Å². The molecule has 0 saturated heterocycles. The van der Waals surface area contributed by atoms with Crippen molar-refractivity contribution in [2.24, 2.45) is 5.41 Å². The standard InChI is InChI=1S/C32H39F5O4S/c1-5-6-7-10-22-11-14-25(26(19-22)41-32(35,36)37)28-20-23-12-13-24(21-27(23)42-28)39-17-8-15-31(33,34)16-9-18-40-29(38)30(2,3)4/h11-14,19-21H,5-10,15-18H2,1-4H3. The molecule has 0 aliphatic heterocycles. The van der Waals surface area contributed by atoms with E-state index in [0.29, 0.717) is 22.6 Å². The average molecular weight is 615 g/mol. The first-order chi connectivity index (χ1) is 19.7. The van der Waals surface area contributed by atoms with E-state index in [2.05, 4.69) is 11.7 Å². The molecule has 0 N–H and O–H groups in total. The molecule has 2 aromatic carbocycles. The molecule has 0 saturated carbocycles. The fourth-order valence-electron chi connectivity index (χ4n) is 4.31. The quantitative estimate of drug-likeness (QED) is 0.0971. The molecule has 0 amide bonds. The molecule has 0 bridgehead atoms. The van der Waals surface area contributed by atoms with Crippen molar-refractivity contribution in [3.05, 3.63) is 48.0 Å². The highest BCUT2D eigenvalue weighted by Crippen LogP contribution is 2.41. The van der Waals surface area contributed by atoms with Gasteiger partial charge < -0.3 is 14.2 Å².